The second-order valence-electron chi connectivity index (χ2n) is 6.67. The van der Waals surface area contributed by atoms with Crippen molar-refractivity contribution in [2.24, 2.45) is 0 Å². The predicted octanol–water partition coefficient (Wildman–Crippen LogP) is 3.91. The average Bonchev–Trinajstić information content (AvgIpc) is 2.47. The molecule has 0 heterocycles. The highest BCUT2D eigenvalue weighted by Gasteiger charge is 2.17. The van der Waals surface area contributed by atoms with Gasteiger partial charge in [-0.3, -0.25) is 0 Å². The van der Waals surface area contributed by atoms with Gasteiger partial charge in [0.2, 0.25) is 10.0 Å². The molecule has 2 aromatic rings. The number of benzene rings is 2. The number of hydrogen-bond donors (Lipinski definition) is 1. The molecule has 0 radical (unpaired) electrons. The van der Waals surface area contributed by atoms with Crippen molar-refractivity contribution in [3.05, 3.63) is 65.0 Å². The molecular formula is C18H22FNO2S. The van der Waals surface area contributed by atoms with E-state index >= 15 is 0 Å². The zero-order valence-electron chi connectivity index (χ0n) is 13.9. The summed E-state index contributed by atoms with van der Waals surface area (Å²) in [4.78, 5) is 0.208. The van der Waals surface area contributed by atoms with Gasteiger partial charge >= 0.3 is 0 Å². The summed E-state index contributed by atoms with van der Waals surface area (Å²) in [5.74, 6) is -0.376. The summed E-state index contributed by atoms with van der Waals surface area (Å²) in [5.41, 5.74) is 2.50. The molecule has 0 atom stereocenters. The van der Waals surface area contributed by atoms with E-state index in [1.165, 1.54) is 12.1 Å². The molecule has 0 unspecified atom stereocenters. The molecule has 23 heavy (non-hydrogen) atoms. The van der Waals surface area contributed by atoms with E-state index < -0.39 is 10.0 Å². The summed E-state index contributed by atoms with van der Waals surface area (Å²) >= 11 is 0. The van der Waals surface area contributed by atoms with E-state index in [9.17, 15) is 12.8 Å². The minimum atomic E-state index is -3.62. The number of nitrogens with one attached hydrogen (secondary N) is 1. The third kappa shape index (κ3) is 4.39. The number of halogens is 1. The Morgan fingerprint density at radius 1 is 1.04 bits per heavy atom. The zero-order chi connectivity index (χ0) is 17.3. The fraction of sp³-hybridized carbons (Fsp3) is 0.333. The highest BCUT2D eigenvalue weighted by atomic mass is 32.2. The van der Waals surface area contributed by atoms with Crippen LogP contribution in [0.3, 0.4) is 0 Å². The molecule has 0 amide bonds. The lowest BCUT2D eigenvalue weighted by Gasteiger charge is -2.19. The van der Waals surface area contributed by atoms with Crippen molar-refractivity contribution in [2.45, 2.75) is 44.6 Å². The Hall–Kier alpha value is -1.72. The van der Waals surface area contributed by atoms with Crippen molar-refractivity contribution < 1.29 is 12.8 Å². The van der Waals surface area contributed by atoms with Crippen LogP contribution in [0.2, 0.25) is 0 Å². The van der Waals surface area contributed by atoms with Crippen LogP contribution < -0.4 is 4.72 Å². The van der Waals surface area contributed by atoms with E-state index in [0.29, 0.717) is 5.56 Å². The van der Waals surface area contributed by atoms with Crippen molar-refractivity contribution in [3.63, 3.8) is 0 Å². The van der Waals surface area contributed by atoms with E-state index in [1.807, 2.05) is 19.1 Å². The molecule has 1 N–H and O–H groups in total. The highest BCUT2D eigenvalue weighted by molar-refractivity contribution is 7.89. The summed E-state index contributed by atoms with van der Waals surface area (Å²) < 4.78 is 40.5. The Bertz CT molecular complexity index is 791. The van der Waals surface area contributed by atoms with Crippen LogP contribution in [-0.4, -0.2) is 8.42 Å². The number of hydrogen-bond acceptors (Lipinski definition) is 2. The van der Waals surface area contributed by atoms with Gasteiger partial charge in [0.1, 0.15) is 5.82 Å². The largest absolute Gasteiger partial charge is 0.240 e. The fourth-order valence-corrected chi connectivity index (χ4v) is 3.23. The first-order valence-corrected chi connectivity index (χ1v) is 8.93. The third-order valence-corrected chi connectivity index (χ3v) is 5.21. The average molecular weight is 335 g/mol. The highest BCUT2D eigenvalue weighted by Crippen LogP contribution is 2.23. The molecule has 2 aromatic carbocycles. The van der Waals surface area contributed by atoms with Gasteiger partial charge in [-0.15, -0.1) is 0 Å². The monoisotopic (exact) mass is 335 g/mol. The van der Waals surface area contributed by atoms with E-state index in [4.69, 9.17) is 0 Å². The maximum Gasteiger partial charge on any atom is 0.240 e. The molecule has 0 aromatic heterocycles. The molecule has 2 rings (SSSR count). The summed E-state index contributed by atoms with van der Waals surface area (Å²) in [6.07, 6.45) is 0. The first-order valence-electron chi connectivity index (χ1n) is 7.45. The second-order valence-corrected chi connectivity index (χ2v) is 8.44. The Labute approximate surface area is 137 Å². The summed E-state index contributed by atoms with van der Waals surface area (Å²) in [6, 6.07) is 11.2. The first kappa shape index (κ1) is 17.6. The van der Waals surface area contributed by atoms with Crippen molar-refractivity contribution in [3.8, 4) is 0 Å². The molecule has 0 aliphatic rings. The van der Waals surface area contributed by atoms with Gasteiger partial charge in [0.05, 0.1) is 4.90 Å². The Kier molecular flexibility index (Phi) is 4.92. The minimum absolute atomic E-state index is 0.0333. The van der Waals surface area contributed by atoms with Gasteiger partial charge in [0, 0.05) is 6.54 Å². The molecule has 3 nitrogen and oxygen atoms in total. The normalized spacial score (nSPS) is 12.4. The van der Waals surface area contributed by atoms with Crippen LogP contribution >= 0.6 is 0 Å². The molecule has 0 saturated heterocycles. The van der Waals surface area contributed by atoms with E-state index in [-0.39, 0.29) is 22.7 Å². The Morgan fingerprint density at radius 2 is 1.65 bits per heavy atom. The second kappa shape index (κ2) is 6.42. The summed E-state index contributed by atoms with van der Waals surface area (Å²) in [6.45, 7) is 8.10. The first-order chi connectivity index (χ1) is 10.6. The lowest BCUT2D eigenvalue weighted by molar-refractivity contribution is 0.577. The zero-order valence-corrected chi connectivity index (χ0v) is 14.7. The van der Waals surface area contributed by atoms with Gasteiger partial charge in [-0.05, 0) is 53.3 Å². The molecule has 0 aliphatic heterocycles. The third-order valence-electron chi connectivity index (χ3n) is 3.79. The number of aryl methyl sites for hydroxylation is 1. The van der Waals surface area contributed by atoms with Crippen LogP contribution in [-0.2, 0) is 22.0 Å². The van der Waals surface area contributed by atoms with Crippen molar-refractivity contribution in [1.82, 2.24) is 4.72 Å². The standard InChI is InChI=1S/C18H22FNO2S/c1-13-5-8-16(19)11-14(13)12-20-23(21,22)17-9-6-15(7-10-17)18(2,3)4/h5-11,20H,12H2,1-4H3. The Morgan fingerprint density at radius 3 is 2.22 bits per heavy atom. The number of rotatable bonds is 4. The predicted molar refractivity (Wildman–Crippen MR) is 90.3 cm³/mol. The van der Waals surface area contributed by atoms with Gasteiger partial charge in [0.25, 0.3) is 0 Å². The van der Waals surface area contributed by atoms with Crippen molar-refractivity contribution in [1.29, 1.82) is 0 Å². The molecule has 124 valence electrons. The van der Waals surface area contributed by atoms with Crippen LogP contribution in [0, 0.1) is 12.7 Å². The fourth-order valence-electron chi connectivity index (χ4n) is 2.22. The van der Waals surface area contributed by atoms with Gasteiger partial charge in [-0.25, -0.2) is 17.5 Å². The van der Waals surface area contributed by atoms with E-state index in [0.717, 1.165) is 11.1 Å². The topological polar surface area (TPSA) is 46.2 Å². The van der Waals surface area contributed by atoms with E-state index in [2.05, 4.69) is 25.5 Å². The van der Waals surface area contributed by atoms with Gasteiger partial charge in [-0.1, -0.05) is 39.0 Å². The lowest BCUT2D eigenvalue weighted by atomic mass is 9.87. The summed E-state index contributed by atoms with van der Waals surface area (Å²) in [5, 5.41) is 0. The number of sulfonamides is 1. The molecule has 0 spiro atoms. The molecular weight excluding hydrogens is 313 g/mol. The maximum atomic E-state index is 13.3. The van der Waals surface area contributed by atoms with Crippen LogP contribution in [0.1, 0.15) is 37.5 Å². The van der Waals surface area contributed by atoms with Crippen LogP contribution in [0.25, 0.3) is 0 Å². The van der Waals surface area contributed by atoms with Crippen LogP contribution in [0.4, 0.5) is 4.39 Å². The van der Waals surface area contributed by atoms with Gasteiger partial charge < -0.3 is 0 Å². The minimum Gasteiger partial charge on any atom is -0.207 e. The van der Waals surface area contributed by atoms with Gasteiger partial charge in [0.15, 0.2) is 0 Å². The molecule has 0 saturated carbocycles. The molecule has 0 bridgehead atoms. The van der Waals surface area contributed by atoms with E-state index in [1.54, 1.807) is 18.2 Å². The van der Waals surface area contributed by atoms with Crippen LogP contribution in [0.15, 0.2) is 47.4 Å². The van der Waals surface area contributed by atoms with Crippen molar-refractivity contribution >= 4 is 10.0 Å². The van der Waals surface area contributed by atoms with Gasteiger partial charge in [-0.2, -0.15) is 0 Å². The quantitative estimate of drug-likeness (QED) is 0.921. The Balaban J connectivity index is 2.17. The molecule has 0 aliphatic carbocycles. The molecule has 5 heteroatoms. The van der Waals surface area contributed by atoms with Crippen molar-refractivity contribution in [2.75, 3.05) is 0 Å². The van der Waals surface area contributed by atoms with Crippen LogP contribution in [0.5, 0.6) is 0 Å². The smallest absolute Gasteiger partial charge is 0.207 e. The molecule has 0 fully saturated rings. The lowest BCUT2D eigenvalue weighted by Crippen LogP contribution is -2.24. The SMILES string of the molecule is Cc1ccc(F)cc1CNS(=O)(=O)c1ccc(C(C)(C)C)cc1. The maximum absolute atomic E-state index is 13.3. The summed E-state index contributed by atoms with van der Waals surface area (Å²) in [7, 11) is -3.62.